The molecule has 230 valence electrons. The topological polar surface area (TPSA) is 80.2 Å². The van der Waals surface area contributed by atoms with Gasteiger partial charge in [0.05, 0.1) is 17.4 Å². The Hall–Kier alpha value is -2.18. The fourth-order valence-corrected chi connectivity index (χ4v) is 10.2. The number of hydrogen-bond donors (Lipinski definition) is 2. The number of aliphatic hydroxyl groups is 1. The Bertz CT molecular complexity index is 1210. The van der Waals surface area contributed by atoms with E-state index in [0.29, 0.717) is 18.4 Å². The van der Waals surface area contributed by atoms with Crippen molar-refractivity contribution in [3.05, 3.63) is 47.5 Å². The van der Waals surface area contributed by atoms with Crippen LogP contribution in [0.1, 0.15) is 104 Å². The van der Waals surface area contributed by atoms with E-state index in [1.54, 1.807) is 0 Å². The van der Waals surface area contributed by atoms with Crippen LogP contribution in [0.25, 0.3) is 0 Å². The number of hydrogen-bond acceptors (Lipinski definition) is 5. The van der Waals surface area contributed by atoms with Gasteiger partial charge >= 0.3 is 0 Å². The van der Waals surface area contributed by atoms with Crippen molar-refractivity contribution in [3.8, 4) is 0 Å². The zero-order valence-electron chi connectivity index (χ0n) is 26.3. The third kappa shape index (κ3) is 5.47. The highest BCUT2D eigenvalue weighted by Crippen LogP contribution is 2.65. The van der Waals surface area contributed by atoms with E-state index in [4.69, 9.17) is 9.57 Å². The summed E-state index contributed by atoms with van der Waals surface area (Å²) in [6.45, 7) is 10.4. The van der Waals surface area contributed by atoms with Crippen molar-refractivity contribution in [2.24, 2.45) is 33.7 Å². The number of benzene rings is 1. The molecule has 3 saturated carbocycles. The Labute approximate surface area is 252 Å². The third-order valence-corrected chi connectivity index (χ3v) is 12.5. The molecule has 0 radical (unpaired) electrons. The molecule has 4 fully saturated rings. The second-order valence-electron chi connectivity index (χ2n) is 15.3. The highest BCUT2D eigenvalue weighted by Gasteiger charge is 2.58. The molecule has 1 amide bonds. The van der Waals surface area contributed by atoms with Crippen molar-refractivity contribution in [2.45, 2.75) is 115 Å². The average molecular weight is 577 g/mol. The van der Waals surface area contributed by atoms with E-state index in [0.717, 1.165) is 69.6 Å². The minimum atomic E-state index is -0.183. The van der Waals surface area contributed by atoms with Gasteiger partial charge < -0.3 is 20.0 Å². The summed E-state index contributed by atoms with van der Waals surface area (Å²) in [5.74, 6) is 1.98. The largest absolute Gasteiger partial charge is 0.393 e. The predicted molar refractivity (Wildman–Crippen MR) is 166 cm³/mol. The maximum absolute atomic E-state index is 12.7. The smallest absolute Gasteiger partial charge is 0.260 e. The first-order chi connectivity index (χ1) is 20.0. The summed E-state index contributed by atoms with van der Waals surface area (Å²) in [6.07, 6.45) is 13.8. The van der Waals surface area contributed by atoms with Crippen LogP contribution in [0.4, 0.5) is 0 Å². The number of carbonyl (C=O) groups is 1. The summed E-state index contributed by atoms with van der Waals surface area (Å²) in [5, 5.41) is 18.3. The number of nitrogens with zero attached hydrogens (tertiary/aromatic N) is 1. The molecule has 2 N–H and O–H groups in total. The molecule has 0 spiro atoms. The number of nitrogens with one attached hydrogen (secondary N) is 1. The highest BCUT2D eigenvalue weighted by molar-refractivity contribution is 5.96. The summed E-state index contributed by atoms with van der Waals surface area (Å²) in [6, 6.07) is 10.7. The lowest BCUT2D eigenvalue weighted by molar-refractivity contribution is -0.125. The fourth-order valence-electron chi connectivity index (χ4n) is 10.2. The first-order valence-corrected chi connectivity index (χ1v) is 16.6. The van der Waals surface area contributed by atoms with Crippen molar-refractivity contribution in [3.63, 3.8) is 0 Å². The molecule has 5 aliphatic rings. The first kappa shape index (κ1) is 29.9. The molecule has 0 bridgehead atoms. The highest BCUT2D eigenvalue weighted by atomic mass is 16.6. The maximum Gasteiger partial charge on any atom is 0.260 e. The van der Waals surface area contributed by atoms with E-state index in [9.17, 15) is 9.90 Å². The van der Waals surface area contributed by atoms with Gasteiger partial charge in [0.15, 0.2) is 6.61 Å². The van der Waals surface area contributed by atoms with Gasteiger partial charge in [0.1, 0.15) is 0 Å². The number of allylic oxidation sites excluding steroid dienone is 2. The first-order valence-electron chi connectivity index (χ1n) is 16.6. The predicted octanol–water partition coefficient (Wildman–Crippen LogP) is 6.72. The van der Waals surface area contributed by atoms with E-state index in [1.807, 2.05) is 0 Å². The lowest BCUT2D eigenvalue weighted by Crippen LogP contribution is -2.51. The molecule has 1 heterocycles. The molecule has 4 aliphatic carbocycles. The van der Waals surface area contributed by atoms with Gasteiger partial charge in [-0.1, -0.05) is 54.9 Å². The molecule has 7 atom stereocenters. The second-order valence-corrected chi connectivity index (χ2v) is 15.3. The maximum atomic E-state index is 12.7. The van der Waals surface area contributed by atoms with Gasteiger partial charge in [-0.2, -0.15) is 0 Å². The Morgan fingerprint density at radius 3 is 2.62 bits per heavy atom. The lowest BCUT2D eigenvalue weighted by atomic mass is 9.47. The molecule has 6 heteroatoms. The summed E-state index contributed by atoms with van der Waals surface area (Å²) >= 11 is 0. The van der Waals surface area contributed by atoms with Crippen LogP contribution < -0.4 is 5.32 Å². The third-order valence-electron chi connectivity index (χ3n) is 12.5. The van der Waals surface area contributed by atoms with Crippen LogP contribution in [-0.4, -0.2) is 48.2 Å². The zero-order chi connectivity index (χ0) is 29.6. The molecule has 1 aromatic carbocycles. The fraction of sp³-hybridized carbons (Fsp3) is 0.722. The number of fused-ring (bicyclic) bond motifs is 5. The van der Waals surface area contributed by atoms with Crippen LogP contribution in [0.2, 0.25) is 0 Å². The SMILES string of the molecule is CC1(C)C[C@@](CCNC(=O)CO/N=C2\C=C3CC[C@H]4[C@@H]5CC[C@@H](O)[C@@]5(C)CC[C@@H]4[C@@]3(C)CC2)(c2ccccc2)CCO1. The van der Waals surface area contributed by atoms with Crippen molar-refractivity contribution in [1.82, 2.24) is 5.32 Å². The molecule has 1 saturated heterocycles. The number of oxime groups is 1. The standard InChI is InChI=1S/C36H52N2O4/c1-33(2)24-36(19-21-41-33,25-8-6-5-7-9-25)18-20-37-32(40)23-42-38-27-14-16-34(3)26(22-27)10-11-28-29-12-13-31(39)35(29,4)17-15-30(28)34/h5-9,22,28-31,39H,10-21,23-24H2,1-4H3,(H,37,40)/b38-27-/t28-,29-,30-,31+,34-,35-,36-/m0/s1. The van der Waals surface area contributed by atoms with Gasteiger partial charge in [-0.3, -0.25) is 4.79 Å². The van der Waals surface area contributed by atoms with Gasteiger partial charge in [0.25, 0.3) is 5.91 Å². The summed E-state index contributed by atoms with van der Waals surface area (Å²) in [7, 11) is 0. The zero-order valence-corrected chi connectivity index (χ0v) is 26.3. The summed E-state index contributed by atoms with van der Waals surface area (Å²) in [4.78, 5) is 18.3. The van der Waals surface area contributed by atoms with Gasteiger partial charge in [-0.15, -0.1) is 0 Å². The lowest BCUT2D eigenvalue weighted by Gasteiger charge is -2.57. The van der Waals surface area contributed by atoms with E-state index in [-0.39, 0.29) is 40.5 Å². The second kappa shape index (κ2) is 11.4. The van der Waals surface area contributed by atoms with Crippen LogP contribution in [0.5, 0.6) is 0 Å². The number of aliphatic hydroxyl groups excluding tert-OH is 1. The minimum Gasteiger partial charge on any atom is -0.393 e. The normalized spacial score (nSPS) is 39.9. The number of carbonyl (C=O) groups excluding carboxylic acids is 1. The van der Waals surface area contributed by atoms with Gasteiger partial charge in [-0.05, 0) is 125 Å². The van der Waals surface area contributed by atoms with Crippen LogP contribution in [-0.2, 0) is 19.8 Å². The Morgan fingerprint density at radius 2 is 1.83 bits per heavy atom. The number of rotatable bonds is 7. The van der Waals surface area contributed by atoms with Gasteiger partial charge in [-0.25, -0.2) is 0 Å². The Morgan fingerprint density at radius 1 is 1.02 bits per heavy atom. The van der Waals surface area contributed by atoms with E-state index in [2.05, 4.69) is 74.6 Å². The van der Waals surface area contributed by atoms with E-state index >= 15 is 0 Å². The van der Waals surface area contributed by atoms with Crippen LogP contribution in [0.3, 0.4) is 0 Å². The van der Waals surface area contributed by atoms with Crippen LogP contribution in [0, 0.1) is 28.6 Å². The van der Waals surface area contributed by atoms with E-state index in [1.165, 1.54) is 30.4 Å². The molecule has 6 nitrogen and oxygen atoms in total. The van der Waals surface area contributed by atoms with Gasteiger partial charge in [0, 0.05) is 18.6 Å². The van der Waals surface area contributed by atoms with Crippen molar-refractivity contribution < 1.29 is 19.5 Å². The molecule has 1 aliphatic heterocycles. The average Bonchev–Trinajstić information content (AvgIpc) is 3.27. The molecule has 0 aromatic heterocycles. The molecule has 42 heavy (non-hydrogen) atoms. The summed E-state index contributed by atoms with van der Waals surface area (Å²) < 4.78 is 6.03. The molecule has 0 unspecified atom stereocenters. The Balaban J connectivity index is 1.02. The minimum absolute atomic E-state index is 0.00810. The molecular weight excluding hydrogens is 524 g/mol. The van der Waals surface area contributed by atoms with Crippen molar-refractivity contribution in [2.75, 3.05) is 19.8 Å². The van der Waals surface area contributed by atoms with Crippen molar-refractivity contribution in [1.29, 1.82) is 0 Å². The van der Waals surface area contributed by atoms with Crippen LogP contribution >= 0.6 is 0 Å². The molecule has 6 rings (SSSR count). The van der Waals surface area contributed by atoms with Gasteiger partial charge in [0.2, 0.25) is 0 Å². The molecule has 1 aromatic rings. The number of ether oxygens (including phenoxy) is 1. The van der Waals surface area contributed by atoms with Crippen LogP contribution in [0.15, 0.2) is 47.1 Å². The quantitative estimate of drug-likeness (QED) is 0.353. The van der Waals surface area contributed by atoms with E-state index < -0.39 is 0 Å². The van der Waals surface area contributed by atoms with Crippen molar-refractivity contribution >= 4 is 11.6 Å². The Kier molecular flexibility index (Phi) is 8.10. The molecular formula is C36H52N2O4. The number of amides is 1. The monoisotopic (exact) mass is 576 g/mol. The summed E-state index contributed by atoms with van der Waals surface area (Å²) in [5.41, 5.74) is 3.98.